The van der Waals surface area contributed by atoms with E-state index in [-0.39, 0.29) is 11.8 Å². The second kappa shape index (κ2) is 3.50. The van der Waals surface area contributed by atoms with Crippen LogP contribution in [0.2, 0.25) is 0 Å². The lowest BCUT2D eigenvalue weighted by molar-refractivity contribution is 0.372. The number of hydrogen-bond acceptors (Lipinski definition) is 3. The second-order valence-corrected chi connectivity index (χ2v) is 3.79. The van der Waals surface area contributed by atoms with E-state index in [0.717, 1.165) is 5.56 Å². The minimum absolute atomic E-state index is 0.0619. The summed E-state index contributed by atoms with van der Waals surface area (Å²) in [6.45, 7) is 0. The summed E-state index contributed by atoms with van der Waals surface area (Å²) in [5.41, 5.74) is 7.00. The van der Waals surface area contributed by atoms with Gasteiger partial charge in [0, 0.05) is 6.04 Å². The van der Waals surface area contributed by atoms with E-state index in [9.17, 15) is 5.11 Å². The van der Waals surface area contributed by atoms with Crippen molar-refractivity contribution < 1.29 is 9.84 Å². The number of hydrogen-bond donors (Lipinski definition) is 2. The number of phenols is 1. The highest BCUT2D eigenvalue weighted by molar-refractivity contribution is 5.42. The van der Waals surface area contributed by atoms with Crippen LogP contribution in [-0.4, -0.2) is 12.2 Å². The number of phenolic OH excluding ortho intramolecular Hbond substituents is 1. The zero-order valence-corrected chi connectivity index (χ0v) is 8.23. The Hall–Kier alpha value is -1.22. The predicted octanol–water partition coefficient (Wildman–Crippen LogP) is 1.81. The van der Waals surface area contributed by atoms with Gasteiger partial charge in [0.05, 0.1) is 7.11 Å². The van der Waals surface area contributed by atoms with Crippen molar-refractivity contribution in [3.8, 4) is 11.5 Å². The Bertz CT molecular complexity index is 334. The largest absolute Gasteiger partial charge is 0.504 e. The number of rotatable bonds is 3. The van der Waals surface area contributed by atoms with Gasteiger partial charge in [-0.1, -0.05) is 6.07 Å². The molecule has 0 aliphatic heterocycles. The SMILES string of the molecule is COc1ccc([C@@H](N)C2CC2)cc1O. The fourth-order valence-corrected chi connectivity index (χ4v) is 1.64. The van der Waals surface area contributed by atoms with E-state index in [0.29, 0.717) is 11.7 Å². The number of aromatic hydroxyl groups is 1. The van der Waals surface area contributed by atoms with Gasteiger partial charge in [0.2, 0.25) is 0 Å². The van der Waals surface area contributed by atoms with E-state index in [4.69, 9.17) is 10.5 Å². The van der Waals surface area contributed by atoms with Crippen molar-refractivity contribution in [2.75, 3.05) is 7.11 Å². The Morgan fingerprint density at radius 3 is 2.71 bits per heavy atom. The first-order valence-corrected chi connectivity index (χ1v) is 4.85. The Kier molecular flexibility index (Phi) is 2.33. The maximum Gasteiger partial charge on any atom is 0.160 e. The molecule has 0 unspecified atom stereocenters. The topological polar surface area (TPSA) is 55.5 Å². The molecule has 0 bridgehead atoms. The van der Waals surface area contributed by atoms with E-state index in [1.54, 1.807) is 12.1 Å². The third kappa shape index (κ3) is 1.68. The number of benzene rings is 1. The first-order valence-electron chi connectivity index (χ1n) is 4.85. The van der Waals surface area contributed by atoms with Crippen molar-refractivity contribution in [2.24, 2.45) is 11.7 Å². The fourth-order valence-electron chi connectivity index (χ4n) is 1.64. The van der Waals surface area contributed by atoms with Crippen molar-refractivity contribution in [3.05, 3.63) is 23.8 Å². The van der Waals surface area contributed by atoms with Gasteiger partial charge in [-0.05, 0) is 36.5 Å². The molecule has 3 heteroatoms. The first kappa shape index (κ1) is 9.34. The summed E-state index contributed by atoms with van der Waals surface area (Å²) in [4.78, 5) is 0. The van der Waals surface area contributed by atoms with E-state index in [2.05, 4.69) is 0 Å². The van der Waals surface area contributed by atoms with Gasteiger partial charge in [-0.3, -0.25) is 0 Å². The third-order valence-electron chi connectivity index (χ3n) is 2.72. The van der Waals surface area contributed by atoms with Crippen LogP contribution < -0.4 is 10.5 Å². The van der Waals surface area contributed by atoms with Gasteiger partial charge in [0.15, 0.2) is 11.5 Å². The molecule has 1 saturated carbocycles. The molecule has 0 heterocycles. The minimum Gasteiger partial charge on any atom is -0.504 e. The van der Waals surface area contributed by atoms with Crippen LogP contribution in [-0.2, 0) is 0 Å². The molecule has 1 aromatic carbocycles. The van der Waals surface area contributed by atoms with E-state index >= 15 is 0 Å². The highest BCUT2D eigenvalue weighted by atomic mass is 16.5. The maximum atomic E-state index is 9.56. The summed E-state index contributed by atoms with van der Waals surface area (Å²) in [5.74, 6) is 1.26. The summed E-state index contributed by atoms with van der Waals surface area (Å²) in [7, 11) is 1.54. The van der Waals surface area contributed by atoms with Crippen molar-refractivity contribution in [1.82, 2.24) is 0 Å². The molecule has 76 valence electrons. The fraction of sp³-hybridized carbons (Fsp3) is 0.455. The molecule has 14 heavy (non-hydrogen) atoms. The van der Waals surface area contributed by atoms with Crippen LogP contribution in [0.3, 0.4) is 0 Å². The lowest BCUT2D eigenvalue weighted by Crippen LogP contribution is -2.12. The Morgan fingerprint density at radius 1 is 1.50 bits per heavy atom. The number of ether oxygens (including phenoxy) is 1. The molecular weight excluding hydrogens is 178 g/mol. The van der Waals surface area contributed by atoms with Crippen LogP contribution in [0.5, 0.6) is 11.5 Å². The highest BCUT2D eigenvalue weighted by Gasteiger charge is 2.29. The lowest BCUT2D eigenvalue weighted by atomic mass is 10.0. The van der Waals surface area contributed by atoms with Crippen LogP contribution in [0, 0.1) is 5.92 Å². The standard InChI is InChI=1S/C11H15NO2/c1-14-10-5-4-8(6-9(10)13)11(12)7-2-3-7/h4-7,11,13H,2-3,12H2,1H3/t11-/m0/s1. The quantitative estimate of drug-likeness (QED) is 0.769. The van der Waals surface area contributed by atoms with Crippen LogP contribution in [0.4, 0.5) is 0 Å². The summed E-state index contributed by atoms with van der Waals surface area (Å²) < 4.78 is 4.96. The summed E-state index contributed by atoms with van der Waals surface area (Å²) in [6, 6.07) is 5.43. The molecule has 0 aromatic heterocycles. The number of methoxy groups -OCH3 is 1. The zero-order chi connectivity index (χ0) is 10.1. The maximum absolute atomic E-state index is 9.56. The highest BCUT2D eigenvalue weighted by Crippen LogP contribution is 2.41. The van der Waals surface area contributed by atoms with Crippen molar-refractivity contribution >= 4 is 0 Å². The molecule has 0 amide bonds. The van der Waals surface area contributed by atoms with Gasteiger partial charge < -0.3 is 15.6 Å². The van der Waals surface area contributed by atoms with Crippen molar-refractivity contribution in [3.63, 3.8) is 0 Å². The van der Waals surface area contributed by atoms with Crippen LogP contribution in [0.15, 0.2) is 18.2 Å². The van der Waals surface area contributed by atoms with Gasteiger partial charge in [-0.2, -0.15) is 0 Å². The molecule has 0 saturated heterocycles. The average molecular weight is 193 g/mol. The van der Waals surface area contributed by atoms with Gasteiger partial charge in [0.25, 0.3) is 0 Å². The Labute approximate surface area is 83.5 Å². The summed E-state index contributed by atoms with van der Waals surface area (Å²) >= 11 is 0. The van der Waals surface area contributed by atoms with Crippen molar-refractivity contribution in [2.45, 2.75) is 18.9 Å². The summed E-state index contributed by atoms with van der Waals surface area (Å²) in [5, 5.41) is 9.56. The van der Waals surface area contributed by atoms with E-state index in [1.807, 2.05) is 6.07 Å². The minimum atomic E-state index is 0.0619. The van der Waals surface area contributed by atoms with Crippen LogP contribution >= 0.6 is 0 Å². The van der Waals surface area contributed by atoms with Gasteiger partial charge in [-0.15, -0.1) is 0 Å². The van der Waals surface area contributed by atoms with E-state index in [1.165, 1.54) is 20.0 Å². The molecule has 1 aliphatic carbocycles. The molecule has 1 atom stereocenters. The van der Waals surface area contributed by atoms with Gasteiger partial charge >= 0.3 is 0 Å². The molecule has 0 radical (unpaired) electrons. The average Bonchev–Trinajstić information content (AvgIpc) is 3.00. The monoisotopic (exact) mass is 193 g/mol. The molecule has 3 nitrogen and oxygen atoms in total. The third-order valence-corrected chi connectivity index (χ3v) is 2.72. The smallest absolute Gasteiger partial charge is 0.160 e. The molecule has 2 rings (SSSR count). The molecule has 1 fully saturated rings. The first-order chi connectivity index (χ1) is 6.72. The normalized spacial score (nSPS) is 17.9. The Balaban J connectivity index is 2.22. The van der Waals surface area contributed by atoms with Crippen LogP contribution in [0.25, 0.3) is 0 Å². The lowest BCUT2D eigenvalue weighted by Gasteiger charge is -2.12. The molecule has 1 aliphatic rings. The predicted molar refractivity (Wildman–Crippen MR) is 54.3 cm³/mol. The molecule has 0 spiro atoms. The zero-order valence-electron chi connectivity index (χ0n) is 8.23. The van der Waals surface area contributed by atoms with E-state index < -0.39 is 0 Å². The summed E-state index contributed by atoms with van der Waals surface area (Å²) in [6.07, 6.45) is 2.40. The molecule has 1 aromatic rings. The second-order valence-electron chi connectivity index (χ2n) is 3.79. The van der Waals surface area contributed by atoms with Gasteiger partial charge in [-0.25, -0.2) is 0 Å². The van der Waals surface area contributed by atoms with Crippen molar-refractivity contribution in [1.29, 1.82) is 0 Å². The van der Waals surface area contributed by atoms with Gasteiger partial charge in [0.1, 0.15) is 0 Å². The Morgan fingerprint density at radius 2 is 2.21 bits per heavy atom. The molecule has 3 N–H and O–H groups in total. The number of nitrogens with two attached hydrogens (primary N) is 1. The molecular formula is C11H15NO2. The van der Waals surface area contributed by atoms with Crippen LogP contribution in [0.1, 0.15) is 24.4 Å².